The molecule has 0 unspecified atom stereocenters. The summed E-state index contributed by atoms with van der Waals surface area (Å²) in [5.41, 5.74) is 7.16. The molecule has 0 saturated heterocycles. The van der Waals surface area contributed by atoms with Gasteiger partial charge in [0.1, 0.15) is 11.3 Å². The van der Waals surface area contributed by atoms with Crippen LogP contribution < -0.4 is 16.4 Å². The first-order chi connectivity index (χ1) is 18.9. The number of carbonyl (C=O) groups is 2. The van der Waals surface area contributed by atoms with E-state index in [-0.39, 0.29) is 40.7 Å². The zero-order chi connectivity index (χ0) is 29.1. The molecule has 0 spiro atoms. The van der Waals surface area contributed by atoms with Gasteiger partial charge in [0.2, 0.25) is 0 Å². The maximum Gasteiger partial charge on any atom is 0.407 e. The van der Waals surface area contributed by atoms with E-state index in [0.717, 1.165) is 0 Å². The highest BCUT2D eigenvalue weighted by molar-refractivity contribution is 7.91. The molecule has 0 atom stereocenters. The Bertz CT molecular complexity index is 1540. The molecule has 0 aliphatic heterocycles. The summed E-state index contributed by atoms with van der Waals surface area (Å²) in [6, 6.07) is 14.9. The number of aromatic nitrogens is 1. The molecule has 2 amide bonds. The van der Waals surface area contributed by atoms with Gasteiger partial charge in [-0.2, -0.15) is 5.26 Å². The highest BCUT2D eigenvalue weighted by atomic mass is 32.2. The molecule has 4 rings (SSSR count). The third kappa shape index (κ3) is 6.74. The number of carbonyl (C=O) groups excluding carboxylic acids is 2. The molecule has 10 nitrogen and oxygen atoms in total. The van der Waals surface area contributed by atoms with Gasteiger partial charge in [0, 0.05) is 24.0 Å². The molecule has 1 aliphatic carbocycles. The number of aryl methyl sites for hydroxylation is 1. The Hall–Kier alpha value is -4.04. The van der Waals surface area contributed by atoms with Crippen molar-refractivity contribution in [1.82, 2.24) is 15.2 Å². The van der Waals surface area contributed by atoms with Gasteiger partial charge in [0.25, 0.3) is 5.91 Å². The minimum atomic E-state index is -3.63. The van der Waals surface area contributed by atoms with E-state index in [0.29, 0.717) is 42.1 Å². The molecule has 1 aliphatic rings. The topological polar surface area (TPSA) is 156 Å². The quantitative estimate of drug-likeness (QED) is 0.389. The number of hydrogen-bond donors (Lipinski definition) is 3. The molecule has 1 heterocycles. The molecule has 3 aromatic rings. The maximum absolute atomic E-state index is 13.6. The highest BCUT2D eigenvalue weighted by Crippen LogP contribution is 2.31. The van der Waals surface area contributed by atoms with E-state index < -0.39 is 27.4 Å². The number of fused-ring (bicyclic) bond motifs is 1. The lowest BCUT2D eigenvalue weighted by atomic mass is 9.91. The van der Waals surface area contributed by atoms with E-state index in [1.807, 2.05) is 20.8 Å². The van der Waals surface area contributed by atoms with E-state index in [4.69, 9.17) is 10.5 Å². The number of benzene rings is 2. The smallest absolute Gasteiger partial charge is 0.407 e. The summed E-state index contributed by atoms with van der Waals surface area (Å²) in [4.78, 5) is 25.9. The summed E-state index contributed by atoms with van der Waals surface area (Å²) >= 11 is 0. The van der Waals surface area contributed by atoms with Crippen LogP contribution in [0, 0.1) is 11.3 Å². The number of nitrogens with zero attached hydrogens (tertiary/aromatic N) is 2. The number of sulfone groups is 1. The summed E-state index contributed by atoms with van der Waals surface area (Å²) in [6.07, 6.45) is 2.17. The van der Waals surface area contributed by atoms with Gasteiger partial charge in [0.15, 0.2) is 9.84 Å². The first kappa shape index (κ1) is 29.0. The molecule has 0 bridgehead atoms. The number of ether oxygens (including phenoxy) is 1. The van der Waals surface area contributed by atoms with Crippen LogP contribution in [0.3, 0.4) is 0 Å². The average molecular weight is 566 g/mol. The lowest BCUT2D eigenvalue weighted by molar-refractivity contribution is 0.0487. The normalized spacial score (nSPS) is 17.6. The predicted molar refractivity (Wildman–Crippen MR) is 152 cm³/mol. The molecular formula is C29H35N5O5S. The summed E-state index contributed by atoms with van der Waals surface area (Å²) in [7, 11) is -3.63. The second kappa shape index (κ2) is 11.6. The monoisotopic (exact) mass is 565 g/mol. The summed E-state index contributed by atoms with van der Waals surface area (Å²) in [6.45, 7) is 5.40. The number of hydrogen-bond acceptors (Lipinski definition) is 7. The zero-order valence-electron chi connectivity index (χ0n) is 22.9. The minimum absolute atomic E-state index is 0.0187. The van der Waals surface area contributed by atoms with Crippen LogP contribution in [-0.4, -0.2) is 48.4 Å². The van der Waals surface area contributed by atoms with Crippen LogP contribution in [0.15, 0.2) is 53.4 Å². The summed E-state index contributed by atoms with van der Waals surface area (Å²) in [5, 5.41) is 15.9. The van der Waals surface area contributed by atoms with Crippen LogP contribution in [0.2, 0.25) is 0 Å². The second-order valence-corrected chi connectivity index (χ2v) is 13.2. The lowest BCUT2D eigenvalue weighted by Gasteiger charge is -2.30. The molecular weight excluding hydrogens is 530 g/mol. The maximum atomic E-state index is 13.6. The van der Waals surface area contributed by atoms with Crippen molar-refractivity contribution in [3.63, 3.8) is 0 Å². The van der Waals surface area contributed by atoms with Crippen molar-refractivity contribution in [1.29, 1.82) is 5.26 Å². The molecule has 1 saturated carbocycles. The number of nitrogen functional groups attached to an aromatic ring is 1. The van der Waals surface area contributed by atoms with Gasteiger partial charge >= 0.3 is 6.09 Å². The van der Waals surface area contributed by atoms with E-state index in [1.54, 1.807) is 41.0 Å². The van der Waals surface area contributed by atoms with Crippen LogP contribution in [-0.2, 0) is 21.1 Å². The van der Waals surface area contributed by atoms with E-state index in [9.17, 15) is 23.3 Å². The van der Waals surface area contributed by atoms with Crippen LogP contribution in [0.25, 0.3) is 10.9 Å². The van der Waals surface area contributed by atoms with Crippen molar-refractivity contribution in [2.75, 3.05) is 11.5 Å². The third-order valence-corrected chi connectivity index (χ3v) is 8.63. The Morgan fingerprint density at radius 1 is 1.05 bits per heavy atom. The number of anilines is 1. The Morgan fingerprint density at radius 3 is 2.27 bits per heavy atom. The van der Waals surface area contributed by atoms with Crippen molar-refractivity contribution in [3.05, 3.63) is 59.8 Å². The molecule has 1 fully saturated rings. The molecule has 2 aromatic carbocycles. The molecule has 0 radical (unpaired) electrons. The summed E-state index contributed by atoms with van der Waals surface area (Å²) in [5.74, 6) is -0.661. The number of alkyl carbamates (subject to hydrolysis) is 1. The van der Waals surface area contributed by atoms with E-state index in [2.05, 4.69) is 16.7 Å². The van der Waals surface area contributed by atoms with Gasteiger partial charge in [-0.3, -0.25) is 4.79 Å². The molecule has 4 N–H and O–H groups in total. The minimum Gasteiger partial charge on any atom is -0.444 e. The third-order valence-electron chi connectivity index (χ3n) is 6.92. The van der Waals surface area contributed by atoms with E-state index in [1.165, 1.54) is 12.1 Å². The fraction of sp³-hybridized carbons (Fsp3) is 0.414. The highest BCUT2D eigenvalue weighted by Gasteiger charge is 2.29. The second-order valence-electron chi connectivity index (χ2n) is 11.1. The van der Waals surface area contributed by atoms with E-state index >= 15 is 0 Å². The Labute approximate surface area is 234 Å². The fourth-order valence-electron chi connectivity index (χ4n) is 4.99. The summed E-state index contributed by atoms with van der Waals surface area (Å²) < 4.78 is 33.0. The van der Waals surface area contributed by atoms with Crippen LogP contribution in [0.5, 0.6) is 0 Å². The molecule has 1 aromatic heterocycles. The molecule has 11 heteroatoms. The van der Waals surface area contributed by atoms with Crippen molar-refractivity contribution in [2.45, 2.75) is 75.6 Å². The predicted octanol–water partition coefficient (Wildman–Crippen LogP) is 4.13. The fourth-order valence-corrected chi connectivity index (χ4v) is 6.22. The molecule has 40 heavy (non-hydrogen) atoms. The Balaban J connectivity index is 1.52. The standard InChI is InChI=1S/C29H35N5O5S/c1-29(2,3)39-28(36)33-21-12-10-20(11-13-21)32-27(35)26-25(31)23-14-9-19(18-30)17-24(23)34(26)15-16-40(37,38)22-7-5-4-6-8-22/h4-9,14,17,20-21H,10-13,15-16,31H2,1-3H3,(H,32,35)(H,33,36)/t20-,21-. The Morgan fingerprint density at radius 2 is 1.68 bits per heavy atom. The van der Waals surface area contributed by atoms with Gasteiger partial charge < -0.3 is 25.7 Å². The number of nitriles is 1. The largest absolute Gasteiger partial charge is 0.444 e. The lowest BCUT2D eigenvalue weighted by Crippen LogP contribution is -2.45. The number of rotatable bonds is 7. The van der Waals surface area contributed by atoms with Crippen molar-refractivity contribution in [2.24, 2.45) is 0 Å². The van der Waals surface area contributed by atoms with Gasteiger partial charge in [-0.1, -0.05) is 18.2 Å². The zero-order valence-corrected chi connectivity index (χ0v) is 23.8. The first-order valence-corrected chi connectivity index (χ1v) is 14.9. The average Bonchev–Trinajstić information content (AvgIpc) is 3.18. The van der Waals surface area contributed by atoms with Gasteiger partial charge in [-0.25, -0.2) is 13.2 Å². The van der Waals surface area contributed by atoms with Crippen molar-refractivity contribution < 1.29 is 22.7 Å². The van der Waals surface area contributed by atoms with Crippen LogP contribution in [0.1, 0.15) is 62.5 Å². The number of amides is 2. The van der Waals surface area contributed by atoms with Crippen LogP contribution >= 0.6 is 0 Å². The van der Waals surface area contributed by atoms with Gasteiger partial charge in [0.05, 0.1) is 33.5 Å². The SMILES string of the molecule is CC(C)(C)OC(=O)N[C@H]1CC[C@H](NC(=O)c2c(N)c3ccc(C#N)cc3n2CCS(=O)(=O)c2ccccc2)CC1. The van der Waals surface area contributed by atoms with Crippen molar-refractivity contribution in [3.8, 4) is 6.07 Å². The number of nitrogens with one attached hydrogen (secondary N) is 2. The van der Waals surface area contributed by atoms with Gasteiger partial charge in [-0.15, -0.1) is 0 Å². The van der Waals surface area contributed by atoms with Crippen LogP contribution in [0.4, 0.5) is 10.5 Å². The van der Waals surface area contributed by atoms with Crippen molar-refractivity contribution >= 4 is 38.4 Å². The molecule has 212 valence electrons. The van der Waals surface area contributed by atoms with Gasteiger partial charge in [-0.05, 0) is 76.8 Å². The number of nitrogens with two attached hydrogens (primary N) is 1. The Kier molecular flexibility index (Phi) is 8.40. The first-order valence-electron chi connectivity index (χ1n) is 13.3.